The topological polar surface area (TPSA) is 61.7 Å². The van der Waals surface area contributed by atoms with Gasteiger partial charge in [-0.15, -0.1) is 0 Å². The highest BCUT2D eigenvalue weighted by molar-refractivity contribution is 5.39. The third kappa shape index (κ3) is 3.61. The Morgan fingerprint density at radius 3 is 2.53 bits per heavy atom. The van der Waals surface area contributed by atoms with Gasteiger partial charge in [0.05, 0.1) is 13.2 Å². The van der Waals surface area contributed by atoms with Crippen LogP contribution in [0.25, 0.3) is 0 Å². The highest BCUT2D eigenvalue weighted by Gasteiger charge is 2.23. The number of aromatic hydroxyl groups is 1. The van der Waals surface area contributed by atoms with Crippen LogP contribution in [0, 0.1) is 0 Å². The van der Waals surface area contributed by atoms with E-state index in [4.69, 9.17) is 4.74 Å². The van der Waals surface area contributed by atoms with E-state index < -0.39 is 11.6 Å². The molecule has 1 aromatic carbocycles. The summed E-state index contributed by atoms with van der Waals surface area (Å²) in [5.74, 6) is 0.819. The van der Waals surface area contributed by atoms with Gasteiger partial charge in [0.25, 0.3) is 0 Å². The van der Waals surface area contributed by atoms with Crippen molar-refractivity contribution in [3.63, 3.8) is 0 Å². The summed E-state index contributed by atoms with van der Waals surface area (Å²) in [5, 5.41) is 22.5. The van der Waals surface area contributed by atoms with E-state index in [1.54, 1.807) is 32.2 Å². The average molecular weight is 239 g/mol. The molecule has 4 nitrogen and oxygen atoms in total. The zero-order valence-corrected chi connectivity index (χ0v) is 10.8. The number of aliphatic hydroxyl groups excluding tert-OH is 1. The minimum Gasteiger partial charge on any atom is -0.507 e. The summed E-state index contributed by atoms with van der Waals surface area (Å²) >= 11 is 0. The molecule has 0 radical (unpaired) electrons. The van der Waals surface area contributed by atoms with Crippen molar-refractivity contribution in [3.8, 4) is 11.5 Å². The number of ether oxygens (including phenoxy) is 1. The van der Waals surface area contributed by atoms with Crippen LogP contribution in [-0.4, -0.2) is 29.0 Å². The smallest absolute Gasteiger partial charge is 0.123 e. The molecule has 96 valence electrons. The first-order valence-corrected chi connectivity index (χ1v) is 5.66. The van der Waals surface area contributed by atoms with E-state index in [1.807, 2.05) is 13.8 Å². The number of hydrogen-bond acceptors (Lipinski definition) is 4. The van der Waals surface area contributed by atoms with Gasteiger partial charge < -0.3 is 20.3 Å². The number of benzene rings is 1. The van der Waals surface area contributed by atoms with Crippen LogP contribution < -0.4 is 10.1 Å². The Morgan fingerprint density at radius 1 is 1.41 bits per heavy atom. The van der Waals surface area contributed by atoms with Crippen molar-refractivity contribution in [1.82, 2.24) is 5.32 Å². The Balaban J connectivity index is 2.70. The molecule has 17 heavy (non-hydrogen) atoms. The van der Waals surface area contributed by atoms with Crippen LogP contribution in [-0.2, 0) is 6.54 Å². The van der Waals surface area contributed by atoms with E-state index in [9.17, 15) is 10.2 Å². The molecule has 0 saturated carbocycles. The van der Waals surface area contributed by atoms with Gasteiger partial charge in [-0.2, -0.15) is 0 Å². The van der Waals surface area contributed by atoms with Crippen molar-refractivity contribution in [2.75, 3.05) is 7.11 Å². The van der Waals surface area contributed by atoms with Crippen LogP contribution in [0.15, 0.2) is 18.2 Å². The van der Waals surface area contributed by atoms with E-state index in [1.165, 1.54) is 0 Å². The number of hydrogen-bond donors (Lipinski definition) is 3. The fraction of sp³-hybridized carbons (Fsp3) is 0.538. The molecule has 0 aliphatic rings. The molecule has 0 saturated heterocycles. The molecule has 1 aromatic rings. The monoisotopic (exact) mass is 239 g/mol. The molecule has 1 unspecified atom stereocenters. The Kier molecular flexibility index (Phi) is 4.37. The lowest BCUT2D eigenvalue weighted by Crippen LogP contribution is -2.47. The van der Waals surface area contributed by atoms with E-state index in [2.05, 4.69) is 5.32 Å². The van der Waals surface area contributed by atoms with Gasteiger partial charge in [-0.05, 0) is 26.8 Å². The van der Waals surface area contributed by atoms with Crippen molar-refractivity contribution in [2.24, 2.45) is 0 Å². The summed E-state index contributed by atoms with van der Waals surface area (Å²) in [5.41, 5.74) is 0.381. The maximum absolute atomic E-state index is 9.78. The highest BCUT2D eigenvalue weighted by Crippen LogP contribution is 2.23. The molecule has 1 atom stereocenters. The van der Waals surface area contributed by atoms with Crippen LogP contribution in [0.4, 0.5) is 0 Å². The molecule has 0 fully saturated rings. The van der Waals surface area contributed by atoms with Gasteiger partial charge in [0, 0.05) is 23.7 Å². The molecule has 4 heteroatoms. The molecule has 3 N–H and O–H groups in total. The second kappa shape index (κ2) is 5.38. The van der Waals surface area contributed by atoms with Crippen LogP contribution in [0.3, 0.4) is 0 Å². The average Bonchev–Trinajstić information content (AvgIpc) is 2.27. The quantitative estimate of drug-likeness (QED) is 0.731. The summed E-state index contributed by atoms with van der Waals surface area (Å²) < 4.78 is 5.01. The van der Waals surface area contributed by atoms with Gasteiger partial charge in [0.2, 0.25) is 0 Å². The number of nitrogens with one attached hydrogen (secondary N) is 1. The second-order valence-electron chi connectivity index (χ2n) is 4.75. The maximum atomic E-state index is 9.78. The number of methoxy groups -OCH3 is 1. The van der Waals surface area contributed by atoms with Crippen LogP contribution in [0.5, 0.6) is 11.5 Å². The largest absolute Gasteiger partial charge is 0.507 e. The lowest BCUT2D eigenvalue weighted by molar-refractivity contribution is 0.0955. The molecular formula is C13H21NO3. The number of aliphatic hydroxyl groups is 1. The third-order valence-electron chi connectivity index (χ3n) is 3.07. The van der Waals surface area contributed by atoms with Crippen molar-refractivity contribution >= 4 is 0 Å². The van der Waals surface area contributed by atoms with Crippen molar-refractivity contribution in [2.45, 2.75) is 39.0 Å². The predicted molar refractivity (Wildman–Crippen MR) is 67.3 cm³/mol. The molecule has 0 bridgehead atoms. The molecule has 0 spiro atoms. The number of phenolic OH excluding ortho intramolecular Hbond substituents is 1. The summed E-state index contributed by atoms with van der Waals surface area (Å²) in [6, 6.07) is 5.18. The Hall–Kier alpha value is -1.26. The molecular weight excluding hydrogens is 218 g/mol. The summed E-state index contributed by atoms with van der Waals surface area (Å²) in [4.78, 5) is 0. The fourth-order valence-corrected chi connectivity index (χ4v) is 1.29. The van der Waals surface area contributed by atoms with Crippen molar-refractivity contribution < 1.29 is 14.9 Å². The van der Waals surface area contributed by atoms with Gasteiger partial charge in [-0.25, -0.2) is 0 Å². The zero-order chi connectivity index (χ0) is 13.1. The normalized spacial score (nSPS) is 13.5. The van der Waals surface area contributed by atoms with Gasteiger partial charge >= 0.3 is 0 Å². The summed E-state index contributed by atoms with van der Waals surface area (Å²) in [7, 11) is 1.56. The number of rotatable bonds is 5. The maximum Gasteiger partial charge on any atom is 0.123 e. The first-order chi connectivity index (χ1) is 7.86. The molecule has 0 aromatic heterocycles. The zero-order valence-electron chi connectivity index (χ0n) is 10.8. The third-order valence-corrected chi connectivity index (χ3v) is 3.07. The minimum absolute atomic E-state index is 0.193. The minimum atomic E-state index is -0.470. The predicted octanol–water partition coefficient (Wildman–Crippen LogP) is 1.65. The lowest BCUT2D eigenvalue weighted by atomic mass is 9.98. The molecule has 1 rings (SSSR count). The number of phenols is 1. The Bertz CT molecular complexity index is 375. The Morgan fingerprint density at radius 2 is 2.06 bits per heavy atom. The first kappa shape index (κ1) is 13.8. The first-order valence-electron chi connectivity index (χ1n) is 5.66. The fourth-order valence-electron chi connectivity index (χ4n) is 1.29. The molecule has 0 amide bonds. The summed E-state index contributed by atoms with van der Waals surface area (Å²) in [6.07, 6.45) is -0.470. The Labute approximate surface area is 102 Å². The van der Waals surface area contributed by atoms with Crippen molar-refractivity contribution in [3.05, 3.63) is 23.8 Å². The molecule has 0 aliphatic heterocycles. The lowest BCUT2D eigenvalue weighted by Gasteiger charge is -2.29. The van der Waals surface area contributed by atoms with Crippen molar-refractivity contribution in [1.29, 1.82) is 0 Å². The summed E-state index contributed by atoms with van der Waals surface area (Å²) in [6.45, 7) is 6.06. The van der Waals surface area contributed by atoms with E-state index in [0.29, 0.717) is 12.3 Å². The van der Waals surface area contributed by atoms with Gasteiger partial charge in [0.1, 0.15) is 11.5 Å². The second-order valence-corrected chi connectivity index (χ2v) is 4.75. The van der Waals surface area contributed by atoms with Crippen LogP contribution in [0.2, 0.25) is 0 Å². The molecule has 0 heterocycles. The van der Waals surface area contributed by atoms with Crippen LogP contribution in [0.1, 0.15) is 26.3 Å². The van der Waals surface area contributed by atoms with Gasteiger partial charge in [0.15, 0.2) is 0 Å². The van der Waals surface area contributed by atoms with E-state index >= 15 is 0 Å². The van der Waals surface area contributed by atoms with Gasteiger partial charge in [-0.1, -0.05) is 6.07 Å². The SMILES string of the molecule is COc1ccc(CNC(C)(C)C(C)O)c(O)c1. The van der Waals surface area contributed by atoms with E-state index in [0.717, 1.165) is 5.56 Å². The van der Waals surface area contributed by atoms with E-state index in [-0.39, 0.29) is 5.75 Å². The van der Waals surface area contributed by atoms with Crippen LogP contribution >= 0.6 is 0 Å². The van der Waals surface area contributed by atoms with Gasteiger partial charge in [-0.3, -0.25) is 0 Å². The highest BCUT2D eigenvalue weighted by atomic mass is 16.5. The standard InChI is InChI=1S/C13H21NO3/c1-9(15)13(2,3)14-8-10-5-6-11(17-4)7-12(10)16/h5-7,9,14-16H,8H2,1-4H3. The molecule has 0 aliphatic carbocycles.